The highest BCUT2D eigenvalue weighted by Gasteiger charge is 2.63. The summed E-state index contributed by atoms with van der Waals surface area (Å²) in [5.41, 5.74) is 10.0. The maximum absolute atomic E-state index is 13.7. The maximum Gasteiger partial charge on any atom is 0.335 e. The fraction of sp³-hybridized carbons (Fsp3) is 0.657. The first-order valence-electron chi connectivity index (χ1n) is 17.3. The van der Waals surface area contributed by atoms with Crippen LogP contribution in [0.1, 0.15) is 91.4 Å². The molecule has 7 atom stereocenters. The average Bonchev–Trinajstić information content (AvgIpc) is 3.64. The molecule has 258 valence electrons. The van der Waals surface area contributed by atoms with Crippen LogP contribution in [0.25, 0.3) is 11.2 Å². The SMILES string of the molecule is CC(=O)[C@H]1CC[C@H]2[C@@H]3[C@H](C(=O)ONC(=O)CCC(=O)NCCCCn4cnc5c(N)ncnc54)CC4=CC(=O)CC[C@]4(C)[C@H]3CC[C@]12C. The molecule has 0 spiro atoms. The van der Waals surface area contributed by atoms with E-state index in [9.17, 15) is 24.0 Å². The van der Waals surface area contributed by atoms with Crippen LogP contribution in [0.5, 0.6) is 0 Å². The molecule has 2 amide bonds. The zero-order valence-corrected chi connectivity index (χ0v) is 28.1. The molecular weight excluding hydrogens is 614 g/mol. The van der Waals surface area contributed by atoms with E-state index in [1.54, 1.807) is 19.3 Å². The van der Waals surface area contributed by atoms with Crippen LogP contribution in [0.4, 0.5) is 5.82 Å². The molecule has 0 aromatic carbocycles. The number of allylic oxidation sites excluding steroid dienone is 1. The number of hydrogen-bond donors (Lipinski definition) is 3. The van der Waals surface area contributed by atoms with E-state index < -0.39 is 17.8 Å². The molecule has 48 heavy (non-hydrogen) atoms. The number of nitrogens with two attached hydrogens (primary N) is 1. The van der Waals surface area contributed by atoms with Crippen molar-refractivity contribution in [1.29, 1.82) is 0 Å². The molecule has 3 saturated carbocycles. The van der Waals surface area contributed by atoms with Crippen LogP contribution < -0.4 is 16.5 Å². The zero-order chi connectivity index (χ0) is 34.2. The number of ketones is 2. The molecule has 6 rings (SSSR count). The first-order valence-corrected chi connectivity index (χ1v) is 17.3. The third kappa shape index (κ3) is 6.23. The molecule has 2 aromatic heterocycles. The van der Waals surface area contributed by atoms with Crippen molar-refractivity contribution in [2.45, 2.75) is 97.9 Å². The molecule has 0 radical (unpaired) electrons. The number of carbonyl (C=O) groups excluding carboxylic acids is 5. The summed E-state index contributed by atoms with van der Waals surface area (Å²) in [7, 11) is 0. The van der Waals surface area contributed by atoms with Crippen LogP contribution in [0.15, 0.2) is 24.3 Å². The summed E-state index contributed by atoms with van der Waals surface area (Å²) in [5, 5.41) is 2.83. The molecule has 0 aliphatic heterocycles. The second kappa shape index (κ2) is 13.4. The Morgan fingerprint density at radius 3 is 2.60 bits per heavy atom. The summed E-state index contributed by atoms with van der Waals surface area (Å²) < 4.78 is 1.89. The summed E-state index contributed by atoms with van der Waals surface area (Å²) in [6.07, 6.45) is 11.3. The topological polar surface area (TPSA) is 188 Å². The normalized spacial score (nSPS) is 30.9. The minimum absolute atomic E-state index is 0.00228. The number of unbranched alkanes of at least 4 members (excludes halogenated alkanes) is 1. The van der Waals surface area contributed by atoms with Crippen LogP contribution in [0.3, 0.4) is 0 Å². The molecular formula is C35H47N7O6. The highest BCUT2D eigenvalue weighted by Crippen LogP contribution is 2.68. The number of aryl methyl sites for hydroxylation is 1. The number of nitrogen functional groups attached to an aromatic ring is 1. The Morgan fingerprint density at radius 2 is 1.81 bits per heavy atom. The van der Waals surface area contributed by atoms with Gasteiger partial charge in [-0.15, -0.1) is 0 Å². The Hall–Kier alpha value is -4.16. The van der Waals surface area contributed by atoms with Crippen molar-refractivity contribution in [1.82, 2.24) is 30.3 Å². The Morgan fingerprint density at radius 1 is 1.02 bits per heavy atom. The van der Waals surface area contributed by atoms with Gasteiger partial charge in [0.2, 0.25) is 5.91 Å². The predicted octanol–water partition coefficient (Wildman–Crippen LogP) is 3.62. The number of Topliss-reactive ketones (excluding diaryl/α,β-unsaturated/α-hetero) is 1. The van der Waals surface area contributed by atoms with Crippen LogP contribution in [-0.2, 0) is 35.4 Å². The molecule has 4 aliphatic carbocycles. The minimum atomic E-state index is -0.554. The Bertz CT molecular complexity index is 1650. The number of rotatable bonds is 10. The van der Waals surface area contributed by atoms with Crippen LogP contribution >= 0.6 is 0 Å². The lowest BCUT2D eigenvalue weighted by Crippen LogP contribution is -2.56. The molecule has 4 aliphatic rings. The highest BCUT2D eigenvalue weighted by molar-refractivity contribution is 5.92. The van der Waals surface area contributed by atoms with E-state index in [1.165, 1.54) is 6.33 Å². The van der Waals surface area contributed by atoms with Gasteiger partial charge >= 0.3 is 5.97 Å². The van der Waals surface area contributed by atoms with Gasteiger partial charge in [0.05, 0.1) is 12.2 Å². The van der Waals surface area contributed by atoms with Gasteiger partial charge in [-0.3, -0.25) is 19.2 Å². The number of hydroxylamine groups is 1. The van der Waals surface area contributed by atoms with E-state index in [0.29, 0.717) is 49.3 Å². The van der Waals surface area contributed by atoms with Crippen molar-refractivity contribution in [2.24, 2.45) is 40.4 Å². The standard InChI is InChI=1S/C35H47N7O6/c1-20(43)24-6-7-25-29-23(17-21-16-22(44)10-12-34(21,2)26(29)11-13-35(24,25)3)33(47)48-41-28(46)9-8-27(45)37-14-4-5-15-42-19-40-30-31(36)38-18-39-32(30)42/h16,18-19,23-26,29H,4-15,17H2,1-3H3,(H,37,45)(H,41,46)(H2,36,38,39)/t23-,24-,25+,26+,29+,34+,35-/m1/s1. The number of hydrogen-bond acceptors (Lipinski definition) is 10. The minimum Gasteiger partial charge on any atom is -0.382 e. The van der Waals surface area contributed by atoms with Gasteiger partial charge in [0.25, 0.3) is 5.91 Å². The average molecular weight is 662 g/mol. The van der Waals surface area contributed by atoms with Crippen molar-refractivity contribution in [2.75, 3.05) is 12.3 Å². The lowest BCUT2D eigenvalue weighted by atomic mass is 9.44. The quantitative estimate of drug-likeness (QED) is 0.251. The van der Waals surface area contributed by atoms with Gasteiger partial charge in [-0.05, 0) is 93.0 Å². The molecule has 13 heteroatoms. The largest absolute Gasteiger partial charge is 0.382 e. The van der Waals surface area contributed by atoms with Crippen molar-refractivity contribution >= 4 is 46.3 Å². The van der Waals surface area contributed by atoms with E-state index in [4.69, 9.17) is 10.6 Å². The Kier molecular flexibility index (Phi) is 9.41. The lowest BCUT2D eigenvalue weighted by molar-refractivity contribution is -0.172. The molecule has 2 heterocycles. The van der Waals surface area contributed by atoms with E-state index in [-0.39, 0.29) is 64.8 Å². The molecule has 13 nitrogen and oxygen atoms in total. The van der Waals surface area contributed by atoms with Gasteiger partial charge in [-0.2, -0.15) is 5.48 Å². The van der Waals surface area contributed by atoms with Gasteiger partial charge in [0.1, 0.15) is 17.6 Å². The number of anilines is 1. The van der Waals surface area contributed by atoms with Gasteiger partial charge in [0.15, 0.2) is 17.2 Å². The number of aromatic nitrogens is 4. The smallest absolute Gasteiger partial charge is 0.335 e. The number of carbonyl (C=O) groups is 5. The van der Waals surface area contributed by atoms with E-state index in [0.717, 1.165) is 44.1 Å². The zero-order valence-electron chi connectivity index (χ0n) is 28.1. The van der Waals surface area contributed by atoms with E-state index in [1.807, 2.05) is 4.57 Å². The van der Waals surface area contributed by atoms with Gasteiger partial charge in [-0.25, -0.2) is 19.7 Å². The van der Waals surface area contributed by atoms with Crippen LogP contribution in [-0.4, -0.2) is 55.4 Å². The molecule has 0 saturated heterocycles. The monoisotopic (exact) mass is 661 g/mol. The summed E-state index contributed by atoms with van der Waals surface area (Å²) in [5.74, 6) is -0.868. The van der Waals surface area contributed by atoms with Crippen molar-refractivity contribution in [3.8, 4) is 0 Å². The third-order valence-electron chi connectivity index (χ3n) is 12.2. The number of nitrogens with zero attached hydrogens (tertiary/aromatic N) is 4. The molecule has 2 aromatic rings. The lowest BCUT2D eigenvalue weighted by Gasteiger charge is -2.59. The van der Waals surface area contributed by atoms with Gasteiger partial charge < -0.3 is 20.5 Å². The van der Waals surface area contributed by atoms with Gasteiger partial charge in [-0.1, -0.05) is 19.4 Å². The fourth-order valence-corrected chi connectivity index (χ4v) is 9.72. The van der Waals surface area contributed by atoms with Crippen molar-refractivity contribution in [3.05, 3.63) is 24.3 Å². The number of amides is 2. The Balaban J connectivity index is 0.996. The molecule has 4 N–H and O–H groups in total. The molecule has 0 bridgehead atoms. The summed E-state index contributed by atoms with van der Waals surface area (Å²) in [6.45, 7) is 7.24. The second-order valence-corrected chi connectivity index (χ2v) is 14.8. The molecule has 3 fully saturated rings. The van der Waals surface area contributed by atoms with Crippen molar-refractivity contribution < 1.29 is 28.8 Å². The maximum atomic E-state index is 13.7. The van der Waals surface area contributed by atoms with Crippen LogP contribution in [0.2, 0.25) is 0 Å². The van der Waals surface area contributed by atoms with E-state index >= 15 is 0 Å². The first kappa shape index (κ1) is 33.7. The Labute approximate surface area is 280 Å². The third-order valence-corrected chi connectivity index (χ3v) is 12.2. The van der Waals surface area contributed by atoms with Crippen LogP contribution in [0, 0.1) is 40.4 Å². The van der Waals surface area contributed by atoms with E-state index in [2.05, 4.69) is 39.6 Å². The summed E-state index contributed by atoms with van der Waals surface area (Å²) in [6, 6.07) is 0. The number of nitrogens with one attached hydrogen (secondary N) is 2. The second-order valence-electron chi connectivity index (χ2n) is 14.8. The first-order chi connectivity index (χ1) is 22.9. The van der Waals surface area contributed by atoms with Crippen molar-refractivity contribution in [3.63, 3.8) is 0 Å². The summed E-state index contributed by atoms with van der Waals surface area (Å²) in [4.78, 5) is 81.7. The molecule has 0 unspecified atom stereocenters. The number of fused-ring (bicyclic) bond motifs is 6. The van der Waals surface area contributed by atoms with Gasteiger partial charge in [0, 0.05) is 38.3 Å². The number of imidazole rings is 1. The predicted molar refractivity (Wildman–Crippen MR) is 175 cm³/mol. The highest BCUT2D eigenvalue weighted by atomic mass is 16.7. The fourth-order valence-electron chi connectivity index (χ4n) is 9.72. The summed E-state index contributed by atoms with van der Waals surface area (Å²) >= 11 is 0.